The van der Waals surface area contributed by atoms with Crippen LogP contribution in [0.4, 0.5) is 0 Å². The topological polar surface area (TPSA) is 93.5 Å². The Morgan fingerprint density at radius 1 is 1.38 bits per heavy atom. The molecule has 128 valence electrons. The Hall–Kier alpha value is -2.83. The Bertz CT molecular complexity index is 724. The molecule has 2 aromatic rings. The first kappa shape index (κ1) is 17.5. The van der Waals surface area contributed by atoms with Crippen molar-refractivity contribution in [2.45, 2.75) is 26.8 Å². The van der Waals surface area contributed by atoms with Crippen LogP contribution >= 0.6 is 0 Å². The van der Waals surface area contributed by atoms with Crippen molar-refractivity contribution in [2.75, 3.05) is 13.2 Å². The van der Waals surface area contributed by atoms with E-state index in [-0.39, 0.29) is 18.1 Å². The first-order chi connectivity index (χ1) is 11.5. The second kappa shape index (κ2) is 8.14. The number of nitrogens with zero attached hydrogens (tertiary/aromatic N) is 2. The van der Waals surface area contributed by atoms with Gasteiger partial charge in [0.25, 0.3) is 5.91 Å². The van der Waals surface area contributed by atoms with Crippen molar-refractivity contribution in [3.8, 4) is 5.75 Å². The van der Waals surface area contributed by atoms with Crippen molar-refractivity contribution in [1.82, 2.24) is 15.1 Å². The molecule has 0 bridgehead atoms. The SMILES string of the molecule is CCCn1cc(C(=O)NCCOc2cccc(C(=O)O)c2)c(C)n1. The van der Waals surface area contributed by atoms with Gasteiger partial charge in [0.2, 0.25) is 0 Å². The highest BCUT2D eigenvalue weighted by Gasteiger charge is 2.12. The van der Waals surface area contributed by atoms with Crippen LogP contribution in [0.5, 0.6) is 5.75 Å². The van der Waals surface area contributed by atoms with Crippen molar-refractivity contribution in [1.29, 1.82) is 0 Å². The van der Waals surface area contributed by atoms with E-state index in [1.54, 1.807) is 29.9 Å². The average Bonchev–Trinajstić information content (AvgIpc) is 2.92. The Morgan fingerprint density at radius 3 is 2.88 bits per heavy atom. The van der Waals surface area contributed by atoms with Crippen LogP contribution in [0.1, 0.15) is 39.8 Å². The lowest BCUT2D eigenvalue weighted by Gasteiger charge is -2.08. The van der Waals surface area contributed by atoms with Gasteiger partial charge in [-0.1, -0.05) is 13.0 Å². The Labute approximate surface area is 140 Å². The van der Waals surface area contributed by atoms with Crippen LogP contribution in [-0.4, -0.2) is 39.9 Å². The Kier molecular flexibility index (Phi) is 5.95. The van der Waals surface area contributed by atoms with Crippen LogP contribution in [0.2, 0.25) is 0 Å². The van der Waals surface area contributed by atoms with Crippen LogP contribution in [0.3, 0.4) is 0 Å². The summed E-state index contributed by atoms with van der Waals surface area (Å²) >= 11 is 0. The van der Waals surface area contributed by atoms with Crippen LogP contribution < -0.4 is 10.1 Å². The summed E-state index contributed by atoms with van der Waals surface area (Å²) in [6.45, 7) is 5.19. The summed E-state index contributed by atoms with van der Waals surface area (Å²) in [6, 6.07) is 6.23. The molecule has 0 fully saturated rings. The third-order valence-electron chi connectivity index (χ3n) is 3.38. The van der Waals surface area contributed by atoms with Gasteiger partial charge >= 0.3 is 5.97 Å². The molecule has 0 atom stereocenters. The van der Waals surface area contributed by atoms with Gasteiger partial charge < -0.3 is 15.2 Å². The fourth-order valence-corrected chi connectivity index (χ4v) is 2.23. The van der Waals surface area contributed by atoms with Gasteiger partial charge in [-0.15, -0.1) is 0 Å². The number of amides is 1. The van der Waals surface area contributed by atoms with Crippen LogP contribution in [-0.2, 0) is 6.54 Å². The molecule has 7 heteroatoms. The molecule has 0 aliphatic carbocycles. The van der Waals surface area contributed by atoms with Crippen molar-refractivity contribution in [3.05, 3.63) is 47.3 Å². The standard InChI is InChI=1S/C17H21N3O4/c1-3-8-20-11-15(12(2)19-20)16(21)18-7-9-24-14-6-4-5-13(10-14)17(22)23/h4-6,10-11H,3,7-9H2,1-2H3,(H,18,21)(H,22,23). The maximum absolute atomic E-state index is 12.1. The third kappa shape index (κ3) is 4.58. The van der Waals surface area contributed by atoms with Crippen LogP contribution in [0, 0.1) is 6.92 Å². The fraction of sp³-hybridized carbons (Fsp3) is 0.353. The van der Waals surface area contributed by atoms with Gasteiger partial charge in [0, 0.05) is 12.7 Å². The molecule has 1 aromatic heterocycles. The van der Waals surface area contributed by atoms with E-state index < -0.39 is 5.97 Å². The maximum Gasteiger partial charge on any atom is 0.335 e. The molecule has 0 aliphatic rings. The Morgan fingerprint density at radius 2 is 2.17 bits per heavy atom. The monoisotopic (exact) mass is 331 g/mol. The minimum Gasteiger partial charge on any atom is -0.492 e. The number of carbonyl (C=O) groups excluding carboxylic acids is 1. The van der Waals surface area contributed by atoms with E-state index in [4.69, 9.17) is 9.84 Å². The first-order valence-electron chi connectivity index (χ1n) is 7.79. The summed E-state index contributed by atoms with van der Waals surface area (Å²) in [5.74, 6) is -0.748. The van der Waals surface area contributed by atoms with Gasteiger partial charge in [-0.05, 0) is 31.5 Å². The number of hydrogen-bond donors (Lipinski definition) is 2. The van der Waals surface area contributed by atoms with E-state index in [2.05, 4.69) is 10.4 Å². The zero-order chi connectivity index (χ0) is 17.5. The van der Waals surface area contributed by atoms with E-state index in [9.17, 15) is 9.59 Å². The molecule has 2 N–H and O–H groups in total. The normalized spacial score (nSPS) is 10.4. The number of nitrogens with one attached hydrogen (secondary N) is 1. The molecule has 0 saturated carbocycles. The number of benzene rings is 1. The highest BCUT2D eigenvalue weighted by Crippen LogP contribution is 2.13. The van der Waals surface area contributed by atoms with Gasteiger partial charge in [-0.2, -0.15) is 5.10 Å². The van der Waals surface area contributed by atoms with Gasteiger partial charge in [0.1, 0.15) is 12.4 Å². The second-order valence-corrected chi connectivity index (χ2v) is 5.33. The van der Waals surface area contributed by atoms with Crippen molar-refractivity contribution >= 4 is 11.9 Å². The average molecular weight is 331 g/mol. The summed E-state index contributed by atoms with van der Waals surface area (Å²) in [5.41, 5.74) is 1.41. The number of aromatic nitrogens is 2. The molecule has 1 amide bonds. The first-order valence-corrected chi connectivity index (χ1v) is 7.79. The number of carboxylic acids is 1. The highest BCUT2D eigenvalue weighted by atomic mass is 16.5. The molecule has 0 aliphatic heterocycles. The predicted octanol–water partition coefficient (Wildman–Crippen LogP) is 2.11. The van der Waals surface area contributed by atoms with E-state index in [0.29, 0.717) is 23.6 Å². The quantitative estimate of drug-likeness (QED) is 0.723. The molecule has 24 heavy (non-hydrogen) atoms. The van der Waals surface area contributed by atoms with Gasteiger partial charge in [0.05, 0.1) is 23.4 Å². The number of rotatable bonds is 8. The number of aryl methyl sites for hydroxylation is 2. The number of ether oxygens (including phenoxy) is 1. The Balaban J connectivity index is 1.83. The lowest BCUT2D eigenvalue weighted by molar-refractivity contribution is 0.0696. The molecule has 2 rings (SSSR count). The molecular formula is C17H21N3O4. The molecule has 1 heterocycles. The zero-order valence-electron chi connectivity index (χ0n) is 13.8. The zero-order valence-corrected chi connectivity index (χ0v) is 13.8. The molecule has 0 saturated heterocycles. The van der Waals surface area contributed by atoms with Gasteiger partial charge in [0.15, 0.2) is 0 Å². The molecule has 0 unspecified atom stereocenters. The van der Waals surface area contributed by atoms with Crippen molar-refractivity contribution in [2.24, 2.45) is 0 Å². The summed E-state index contributed by atoms with van der Waals surface area (Å²) in [5, 5.41) is 16.0. The van der Waals surface area contributed by atoms with Crippen molar-refractivity contribution < 1.29 is 19.4 Å². The second-order valence-electron chi connectivity index (χ2n) is 5.33. The summed E-state index contributed by atoms with van der Waals surface area (Å²) in [7, 11) is 0. The summed E-state index contributed by atoms with van der Waals surface area (Å²) in [6.07, 6.45) is 2.69. The minimum atomic E-state index is -1.01. The van der Waals surface area contributed by atoms with Crippen molar-refractivity contribution in [3.63, 3.8) is 0 Å². The van der Waals surface area contributed by atoms with E-state index in [1.165, 1.54) is 12.1 Å². The predicted molar refractivity (Wildman–Crippen MR) is 88.5 cm³/mol. The minimum absolute atomic E-state index is 0.162. The van der Waals surface area contributed by atoms with Gasteiger partial charge in [-0.25, -0.2) is 4.79 Å². The number of aromatic carboxylic acids is 1. The van der Waals surface area contributed by atoms with Crippen LogP contribution in [0.15, 0.2) is 30.5 Å². The number of hydrogen-bond acceptors (Lipinski definition) is 4. The van der Waals surface area contributed by atoms with E-state index in [0.717, 1.165) is 13.0 Å². The molecule has 0 spiro atoms. The van der Waals surface area contributed by atoms with E-state index >= 15 is 0 Å². The molecule has 1 aromatic carbocycles. The third-order valence-corrected chi connectivity index (χ3v) is 3.38. The lowest BCUT2D eigenvalue weighted by atomic mass is 10.2. The van der Waals surface area contributed by atoms with Crippen LogP contribution in [0.25, 0.3) is 0 Å². The largest absolute Gasteiger partial charge is 0.492 e. The molecule has 7 nitrogen and oxygen atoms in total. The lowest BCUT2D eigenvalue weighted by Crippen LogP contribution is -2.28. The maximum atomic E-state index is 12.1. The smallest absolute Gasteiger partial charge is 0.335 e. The number of carboxylic acid groups (broad SMARTS) is 1. The molecule has 0 radical (unpaired) electrons. The highest BCUT2D eigenvalue weighted by molar-refractivity contribution is 5.95. The summed E-state index contributed by atoms with van der Waals surface area (Å²) < 4.78 is 7.22. The fourth-order valence-electron chi connectivity index (χ4n) is 2.23. The van der Waals surface area contributed by atoms with E-state index in [1.807, 2.05) is 6.92 Å². The molecular weight excluding hydrogens is 310 g/mol. The number of carbonyl (C=O) groups is 2. The summed E-state index contributed by atoms with van der Waals surface area (Å²) in [4.78, 5) is 23.0. The van der Waals surface area contributed by atoms with Gasteiger partial charge in [-0.3, -0.25) is 9.48 Å².